The Morgan fingerprint density at radius 3 is 2.79 bits per heavy atom. The summed E-state index contributed by atoms with van der Waals surface area (Å²) < 4.78 is 12.9. The van der Waals surface area contributed by atoms with Gasteiger partial charge in [-0.15, -0.1) is 11.8 Å². The zero-order valence-electron chi connectivity index (χ0n) is 10.6. The zero-order chi connectivity index (χ0) is 13.7. The third-order valence-corrected chi connectivity index (χ3v) is 4.89. The van der Waals surface area contributed by atoms with Gasteiger partial charge in [-0.25, -0.2) is 4.39 Å². The molecule has 0 heterocycles. The van der Waals surface area contributed by atoms with Crippen LogP contribution in [0.2, 0.25) is 5.02 Å². The molecular weight excluding hydrogens is 285 g/mol. The molecule has 104 valence electrons. The van der Waals surface area contributed by atoms with Gasteiger partial charge < -0.3 is 5.32 Å². The first-order valence-corrected chi connectivity index (χ1v) is 7.94. The van der Waals surface area contributed by atoms with Gasteiger partial charge in [0.2, 0.25) is 5.91 Å². The van der Waals surface area contributed by atoms with Crippen LogP contribution in [0.4, 0.5) is 10.1 Å². The van der Waals surface area contributed by atoms with Gasteiger partial charge in [-0.05, 0) is 31.0 Å². The smallest absolute Gasteiger partial charge is 0.234 e. The molecule has 0 aliphatic heterocycles. The highest BCUT2D eigenvalue weighted by atomic mass is 35.5. The molecule has 1 amide bonds. The molecule has 0 atom stereocenters. The quantitative estimate of drug-likeness (QED) is 0.888. The minimum atomic E-state index is -0.403. The number of amides is 1. The second-order valence-electron chi connectivity index (χ2n) is 4.74. The Balaban J connectivity index is 1.80. The Bertz CT molecular complexity index is 449. The Labute approximate surface area is 122 Å². The van der Waals surface area contributed by atoms with Crippen LogP contribution in [-0.4, -0.2) is 16.9 Å². The molecule has 1 aliphatic rings. The maximum Gasteiger partial charge on any atom is 0.234 e. The van der Waals surface area contributed by atoms with Crippen LogP contribution in [0.25, 0.3) is 0 Å². The lowest BCUT2D eigenvalue weighted by Gasteiger charge is -2.20. The van der Waals surface area contributed by atoms with Gasteiger partial charge in [0.05, 0.1) is 16.5 Å². The summed E-state index contributed by atoms with van der Waals surface area (Å²) >= 11 is 7.57. The summed E-state index contributed by atoms with van der Waals surface area (Å²) in [5.74, 6) is -0.0538. The van der Waals surface area contributed by atoms with Gasteiger partial charge in [-0.2, -0.15) is 0 Å². The summed E-state index contributed by atoms with van der Waals surface area (Å²) in [6, 6.07) is 3.97. The molecule has 0 spiro atoms. The summed E-state index contributed by atoms with van der Waals surface area (Å²) in [5, 5.41) is 3.55. The van der Waals surface area contributed by atoms with Gasteiger partial charge in [0.1, 0.15) is 5.82 Å². The van der Waals surface area contributed by atoms with Crippen molar-refractivity contribution in [2.75, 3.05) is 11.1 Å². The van der Waals surface area contributed by atoms with Gasteiger partial charge in [-0.3, -0.25) is 4.79 Å². The van der Waals surface area contributed by atoms with E-state index in [1.54, 1.807) is 11.8 Å². The fourth-order valence-electron chi connectivity index (χ4n) is 2.20. The molecular formula is C14H17ClFNOS. The Kier molecular flexibility index (Phi) is 5.52. The first kappa shape index (κ1) is 14.7. The highest BCUT2D eigenvalue weighted by molar-refractivity contribution is 8.00. The molecule has 1 saturated carbocycles. The molecule has 2 rings (SSSR count). The molecule has 0 bridgehead atoms. The Morgan fingerprint density at radius 1 is 1.37 bits per heavy atom. The molecule has 19 heavy (non-hydrogen) atoms. The number of anilines is 1. The van der Waals surface area contributed by atoms with Crippen molar-refractivity contribution in [2.45, 2.75) is 37.4 Å². The fourth-order valence-corrected chi connectivity index (χ4v) is 3.54. The van der Waals surface area contributed by atoms with E-state index in [1.165, 1.54) is 50.3 Å². The number of carbonyl (C=O) groups excluding carboxylic acids is 1. The molecule has 0 unspecified atom stereocenters. The number of benzene rings is 1. The lowest BCUT2D eigenvalue weighted by atomic mass is 10.0. The van der Waals surface area contributed by atoms with E-state index in [0.29, 0.717) is 16.7 Å². The van der Waals surface area contributed by atoms with E-state index in [2.05, 4.69) is 5.32 Å². The van der Waals surface area contributed by atoms with Gasteiger partial charge in [0.15, 0.2) is 0 Å². The molecule has 2 nitrogen and oxygen atoms in total. The number of carbonyl (C=O) groups is 1. The third kappa shape index (κ3) is 4.69. The first-order chi connectivity index (χ1) is 9.15. The van der Waals surface area contributed by atoms with Crippen molar-refractivity contribution in [3.05, 3.63) is 29.0 Å². The lowest BCUT2D eigenvalue weighted by Crippen LogP contribution is -2.18. The van der Waals surface area contributed by atoms with Gasteiger partial charge in [0, 0.05) is 5.25 Å². The molecule has 1 aliphatic carbocycles. The summed E-state index contributed by atoms with van der Waals surface area (Å²) in [7, 11) is 0. The largest absolute Gasteiger partial charge is 0.324 e. The Hall–Kier alpha value is -0.740. The van der Waals surface area contributed by atoms with Crippen molar-refractivity contribution in [1.82, 2.24) is 0 Å². The molecule has 0 aromatic heterocycles. The van der Waals surface area contributed by atoms with Gasteiger partial charge >= 0.3 is 0 Å². The first-order valence-electron chi connectivity index (χ1n) is 6.51. The van der Waals surface area contributed by atoms with Crippen molar-refractivity contribution in [3.8, 4) is 0 Å². The van der Waals surface area contributed by atoms with Crippen molar-refractivity contribution >= 4 is 35.0 Å². The van der Waals surface area contributed by atoms with Crippen molar-refractivity contribution in [3.63, 3.8) is 0 Å². The summed E-state index contributed by atoms with van der Waals surface area (Å²) in [6.45, 7) is 0. The molecule has 0 radical (unpaired) electrons. The molecule has 1 N–H and O–H groups in total. The van der Waals surface area contributed by atoms with E-state index in [0.717, 1.165) is 0 Å². The van der Waals surface area contributed by atoms with Gasteiger partial charge in [0.25, 0.3) is 0 Å². The average molecular weight is 302 g/mol. The highest BCUT2D eigenvalue weighted by Gasteiger charge is 2.15. The average Bonchev–Trinajstić information content (AvgIpc) is 2.41. The van der Waals surface area contributed by atoms with Crippen LogP contribution in [0.15, 0.2) is 18.2 Å². The predicted molar refractivity (Wildman–Crippen MR) is 79.4 cm³/mol. The van der Waals surface area contributed by atoms with Crippen LogP contribution in [0.1, 0.15) is 32.1 Å². The summed E-state index contributed by atoms with van der Waals surface area (Å²) in [4.78, 5) is 11.8. The number of halogens is 2. The normalized spacial score (nSPS) is 16.3. The third-order valence-electron chi connectivity index (χ3n) is 3.21. The predicted octanol–water partition coefficient (Wildman–Crippen LogP) is 4.48. The number of thioether (sulfide) groups is 1. The van der Waals surface area contributed by atoms with Crippen LogP contribution >= 0.6 is 23.4 Å². The van der Waals surface area contributed by atoms with Crippen LogP contribution in [0.3, 0.4) is 0 Å². The van der Waals surface area contributed by atoms with Crippen LogP contribution in [0.5, 0.6) is 0 Å². The van der Waals surface area contributed by atoms with Gasteiger partial charge in [-0.1, -0.05) is 30.9 Å². The summed E-state index contributed by atoms with van der Waals surface area (Å²) in [5.41, 5.74) is 0.470. The molecule has 1 aromatic carbocycles. The maximum atomic E-state index is 12.9. The van der Waals surface area contributed by atoms with E-state index in [1.807, 2.05) is 0 Å². The van der Waals surface area contributed by atoms with E-state index in [9.17, 15) is 9.18 Å². The van der Waals surface area contributed by atoms with Crippen LogP contribution in [0, 0.1) is 5.82 Å². The fraction of sp³-hybridized carbons (Fsp3) is 0.500. The van der Waals surface area contributed by atoms with E-state index >= 15 is 0 Å². The monoisotopic (exact) mass is 301 g/mol. The lowest BCUT2D eigenvalue weighted by molar-refractivity contribution is -0.113. The van der Waals surface area contributed by atoms with Crippen molar-refractivity contribution < 1.29 is 9.18 Å². The SMILES string of the molecule is O=C(CSC1CCCCC1)Nc1ccc(F)cc1Cl. The number of nitrogens with one attached hydrogen (secondary N) is 1. The second kappa shape index (κ2) is 7.15. The van der Waals surface area contributed by atoms with Crippen LogP contribution in [-0.2, 0) is 4.79 Å². The minimum Gasteiger partial charge on any atom is -0.324 e. The number of hydrogen-bond acceptors (Lipinski definition) is 2. The molecule has 1 fully saturated rings. The van der Waals surface area contributed by atoms with Crippen molar-refractivity contribution in [2.24, 2.45) is 0 Å². The molecule has 0 saturated heterocycles. The second-order valence-corrected chi connectivity index (χ2v) is 6.44. The van der Waals surface area contributed by atoms with E-state index in [4.69, 9.17) is 11.6 Å². The van der Waals surface area contributed by atoms with Crippen molar-refractivity contribution in [1.29, 1.82) is 0 Å². The number of hydrogen-bond donors (Lipinski definition) is 1. The molecule has 5 heteroatoms. The van der Waals surface area contributed by atoms with E-state index in [-0.39, 0.29) is 10.9 Å². The Morgan fingerprint density at radius 2 is 2.11 bits per heavy atom. The molecule has 1 aromatic rings. The van der Waals surface area contributed by atoms with Crippen LogP contribution < -0.4 is 5.32 Å². The minimum absolute atomic E-state index is 0.0796. The van der Waals surface area contributed by atoms with E-state index < -0.39 is 5.82 Å². The zero-order valence-corrected chi connectivity index (χ0v) is 12.2. The topological polar surface area (TPSA) is 29.1 Å². The standard InChI is InChI=1S/C14H17ClFNOS/c15-12-8-10(16)6-7-13(12)17-14(18)9-19-11-4-2-1-3-5-11/h6-8,11H,1-5,9H2,(H,17,18). The highest BCUT2D eigenvalue weighted by Crippen LogP contribution is 2.28. The number of rotatable bonds is 4. The summed E-state index contributed by atoms with van der Waals surface area (Å²) in [6.07, 6.45) is 6.26. The maximum absolute atomic E-state index is 12.9.